The number of nitriles is 2. The van der Waals surface area contributed by atoms with Gasteiger partial charge in [0.2, 0.25) is 0 Å². The molecule has 1 aromatic carbocycles. The molecular formula is C18H20N2OSi. The van der Waals surface area contributed by atoms with E-state index in [0.29, 0.717) is 17.5 Å². The van der Waals surface area contributed by atoms with Crippen molar-refractivity contribution in [2.45, 2.75) is 38.9 Å². The molecule has 0 radical (unpaired) electrons. The molecule has 0 spiro atoms. The zero-order valence-electron chi connectivity index (χ0n) is 13.3. The number of carbonyl (C=O) groups excluding carboxylic acids is 1. The van der Waals surface area contributed by atoms with Crippen molar-refractivity contribution in [3.05, 3.63) is 35.4 Å². The summed E-state index contributed by atoms with van der Waals surface area (Å²) in [5, 5.41) is 17.9. The van der Waals surface area contributed by atoms with E-state index in [-0.39, 0.29) is 5.78 Å². The van der Waals surface area contributed by atoms with E-state index in [1.807, 2.05) is 6.07 Å². The van der Waals surface area contributed by atoms with Crippen molar-refractivity contribution in [2.75, 3.05) is 0 Å². The van der Waals surface area contributed by atoms with E-state index in [4.69, 9.17) is 5.26 Å². The molecular weight excluding hydrogens is 288 g/mol. The molecule has 1 atom stereocenters. The first-order valence-corrected chi connectivity index (χ1v) is 10.8. The molecule has 0 saturated heterocycles. The summed E-state index contributed by atoms with van der Waals surface area (Å²) in [6, 6.07) is 10.5. The molecule has 0 aromatic heterocycles. The number of ketones is 1. The largest absolute Gasteiger partial charge is 0.293 e. The Morgan fingerprint density at radius 3 is 2.32 bits per heavy atom. The number of hydrogen-bond donors (Lipinski definition) is 0. The average molecular weight is 308 g/mol. The van der Waals surface area contributed by atoms with Crippen LogP contribution in [0.3, 0.4) is 0 Å². The zero-order valence-corrected chi connectivity index (χ0v) is 14.3. The van der Waals surface area contributed by atoms with Gasteiger partial charge in [0.1, 0.15) is 14.0 Å². The fraction of sp³-hybridized carbons (Fsp3) is 0.389. The van der Waals surface area contributed by atoms with Crippen LogP contribution in [-0.4, -0.2) is 13.9 Å². The first kappa shape index (κ1) is 17.7. The summed E-state index contributed by atoms with van der Waals surface area (Å²) in [6.07, 6.45) is 2.00. The van der Waals surface area contributed by atoms with Gasteiger partial charge in [-0.2, -0.15) is 10.5 Å². The van der Waals surface area contributed by atoms with Gasteiger partial charge in [0.15, 0.2) is 5.78 Å². The van der Waals surface area contributed by atoms with E-state index >= 15 is 0 Å². The summed E-state index contributed by atoms with van der Waals surface area (Å²) in [6.45, 7) is 6.56. The number of nitrogens with zero attached hydrogens (tertiary/aromatic N) is 2. The van der Waals surface area contributed by atoms with E-state index in [1.165, 1.54) is 0 Å². The molecule has 1 rings (SSSR count). The highest BCUT2D eigenvalue weighted by molar-refractivity contribution is 6.83. The van der Waals surface area contributed by atoms with Crippen LogP contribution in [0.15, 0.2) is 24.3 Å². The lowest BCUT2D eigenvalue weighted by Crippen LogP contribution is -2.16. The van der Waals surface area contributed by atoms with Crippen LogP contribution in [0.4, 0.5) is 0 Å². The fourth-order valence-electron chi connectivity index (χ4n) is 1.89. The quantitative estimate of drug-likeness (QED) is 0.358. The molecule has 0 aliphatic heterocycles. The molecule has 3 nitrogen and oxygen atoms in total. The third-order valence-electron chi connectivity index (χ3n) is 3.03. The zero-order chi connectivity index (χ0) is 16.6. The monoisotopic (exact) mass is 308 g/mol. The Morgan fingerprint density at radius 1 is 1.18 bits per heavy atom. The lowest BCUT2D eigenvalue weighted by atomic mass is 9.93. The van der Waals surface area contributed by atoms with Gasteiger partial charge in [-0.25, -0.2) is 0 Å². The standard InChI is InChI=1S/C18H20N2OSi/c1-22(2,3)12-6-4-5-7-17(14-20)18(21)16-10-8-15(13-19)9-11-16/h8-11,17H,4-5,7H2,1-3H3. The Labute approximate surface area is 133 Å². The number of carbonyl (C=O) groups is 1. The van der Waals surface area contributed by atoms with Gasteiger partial charge < -0.3 is 0 Å². The maximum absolute atomic E-state index is 12.3. The summed E-state index contributed by atoms with van der Waals surface area (Å²) in [4.78, 5) is 12.3. The lowest BCUT2D eigenvalue weighted by molar-refractivity contribution is 0.0943. The van der Waals surface area contributed by atoms with Gasteiger partial charge in [-0.3, -0.25) is 4.79 Å². The minimum Gasteiger partial charge on any atom is -0.293 e. The second-order valence-corrected chi connectivity index (χ2v) is 10.9. The highest BCUT2D eigenvalue weighted by atomic mass is 28.3. The molecule has 1 unspecified atom stereocenters. The molecule has 22 heavy (non-hydrogen) atoms. The van der Waals surface area contributed by atoms with Gasteiger partial charge in [-0.1, -0.05) is 31.8 Å². The molecule has 0 saturated carbocycles. The van der Waals surface area contributed by atoms with Crippen molar-refractivity contribution < 1.29 is 4.79 Å². The average Bonchev–Trinajstić information content (AvgIpc) is 2.49. The maximum atomic E-state index is 12.3. The van der Waals surface area contributed by atoms with Gasteiger partial charge in [-0.05, 0) is 25.0 Å². The molecule has 0 fully saturated rings. The summed E-state index contributed by atoms with van der Waals surface area (Å²) in [7, 11) is -1.35. The molecule has 0 aliphatic rings. The lowest BCUT2D eigenvalue weighted by Gasteiger charge is -2.07. The number of hydrogen-bond acceptors (Lipinski definition) is 3. The van der Waals surface area contributed by atoms with Crippen LogP contribution in [0.1, 0.15) is 35.2 Å². The summed E-state index contributed by atoms with van der Waals surface area (Å²) < 4.78 is 0. The third-order valence-corrected chi connectivity index (χ3v) is 3.96. The molecule has 0 N–H and O–H groups in total. The Morgan fingerprint density at radius 2 is 1.82 bits per heavy atom. The van der Waals surface area contributed by atoms with Crippen molar-refractivity contribution in [1.82, 2.24) is 0 Å². The molecule has 0 amide bonds. The van der Waals surface area contributed by atoms with Gasteiger partial charge in [0.25, 0.3) is 0 Å². The van der Waals surface area contributed by atoms with E-state index in [9.17, 15) is 10.1 Å². The van der Waals surface area contributed by atoms with Crippen LogP contribution >= 0.6 is 0 Å². The molecule has 0 aliphatic carbocycles. The Balaban J connectivity index is 2.60. The van der Waals surface area contributed by atoms with Gasteiger partial charge >= 0.3 is 0 Å². The van der Waals surface area contributed by atoms with Crippen molar-refractivity contribution >= 4 is 13.9 Å². The van der Waals surface area contributed by atoms with Crippen molar-refractivity contribution in [3.63, 3.8) is 0 Å². The van der Waals surface area contributed by atoms with Gasteiger partial charge in [-0.15, -0.1) is 11.5 Å². The van der Waals surface area contributed by atoms with Crippen LogP contribution in [0.2, 0.25) is 19.6 Å². The van der Waals surface area contributed by atoms with E-state index in [0.717, 1.165) is 12.8 Å². The Kier molecular flexibility index (Phi) is 6.58. The predicted molar refractivity (Wildman–Crippen MR) is 89.6 cm³/mol. The maximum Gasteiger partial charge on any atom is 0.179 e. The fourth-order valence-corrected chi connectivity index (χ4v) is 2.54. The van der Waals surface area contributed by atoms with Gasteiger partial charge in [0, 0.05) is 12.0 Å². The number of benzene rings is 1. The van der Waals surface area contributed by atoms with E-state index in [2.05, 4.69) is 37.2 Å². The van der Waals surface area contributed by atoms with Crippen LogP contribution in [0, 0.1) is 40.0 Å². The predicted octanol–water partition coefficient (Wildman–Crippen LogP) is 3.93. The highest BCUT2D eigenvalue weighted by Gasteiger charge is 2.19. The molecule has 0 bridgehead atoms. The van der Waals surface area contributed by atoms with Crippen LogP contribution in [0.25, 0.3) is 0 Å². The van der Waals surface area contributed by atoms with E-state index < -0.39 is 14.0 Å². The topological polar surface area (TPSA) is 64.7 Å². The summed E-state index contributed by atoms with van der Waals surface area (Å²) >= 11 is 0. The smallest absolute Gasteiger partial charge is 0.179 e. The van der Waals surface area contributed by atoms with E-state index in [1.54, 1.807) is 24.3 Å². The third kappa shape index (κ3) is 5.96. The summed E-state index contributed by atoms with van der Waals surface area (Å²) in [5.41, 5.74) is 4.27. The number of rotatable bonds is 5. The van der Waals surface area contributed by atoms with Gasteiger partial charge in [0.05, 0.1) is 17.7 Å². The first-order valence-electron chi connectivity index (χ1n) is 7.31. The second-order valence-electron chi connectivity index (χ2n) is 6.18. The first-order chi connectivity index (χ1) is 10.4. The Bertz CT molecular complexity index is 661. The SMILES string of the molecule is C[Si](C)(C)C#CCCCC(C#N)C(=O)c1ccc(C#N)cc1. The molecule has 1 aromatic rings. The number of unbranched alkanes of at least 4 members (excludes halogenated alkanes) is 1. The van der Waals surface area contributed by atoms with Crippen molar-refractivity contribution in [1.29, 1.82) is 10.5 Å². The molecule has 0 heterocycles. The number of Topliss-reactive ketones (excluding diaryl/α,β-unsaturated/α-hetero) is 1. The van der Waals surface area contributed by atoms with Crippen molar-refractivity contribution in [2.24, 2.45) is 5.92 Å². The van der Waals surface area contributed by atoms with Crippen LogP contribution in [0.5, 0.6) is 0 Å². The minimum absolute atomic E-state index is 0.176. The summed E-state index contributed by atoms with van der Waals surface area (Å²) in [5.74, 6) is 2.34. The minimum atomic E-state index is -1.35. The second kappa shape index (κ2) is 8.18. The normalized spacial score (nSPS) is 11.5. The van der Waals surface area contributed by atoms with Crippen LogP contribution in [-0.2, 0) is 0 Å². The molecule has 112 valence electrons. The van der Waals surface area contributed by atoms with Crippen LogP contribution < -0.4 is 0 Å². The highest BCUT2D eigenvalue weighted by Crippen LogP contribution is 2.15. The Hall–Kier alpha value is -2.35. The van der Waals surface area contributed by atoms with Crippen molar-refractivity contribution in [3.8, 4) is 23.6 Å². The molecule has 4 heteroatoms.